The van der Waals surface area contributed by atoms with E-state index in [1.165, 1.54) is 19.4 Å². The molecule has 1 amide bonds. The third-order valence-electron chi connectivity index (χ3n) is 7.32. The Bertz CT molecular complexity index is 1680. The van der Waals surface area contributed by atoms with E-state index in [4.69, 9.17) is 9.47 Å². The maximum absolute atomic E-state index is 13.0. The van der Waals surface area contributed by atoms with Gasteiger partial charge < -0.3 is 20.1 Å². The number of methoxy groups -OCH3 is 2. The van der Waals surface area contributed by atoms with Crippen molar-refractivity contribution in [1.82, 2.24) is 15.2 Å². The molecule has 2 aromatic carbocycles. The number of hydrogen-bond acceptors (Lipinski definition) is 8. The van der Waals surface area contributed by atoms with E-state index in [1.54, 1.807) is 14.0 Å². The molecule has 190 valence electrons. The lowest BCUT2D eigenvalue weighted by atomic mass is 9.91. The lowest BCUT2D eigenvalue weighted by molar-refractivity contribution is -0.118. The van der Waals surface area contributed by atoms with Crippen molar-refractivity contribution in [2.75, 3.05) is 30.6 Å². The molecule has 1 saturated carbocycles. The molecular weight excluding hydrogens is 494 g/mol. The van der Waals surface area contributed by atoms with E-state index in [-0.39, 0.29) is 22.6 Å². The molecule has 2 aromatic heterocycles. The first-order valence-electron chi connectivity index (χ1n) is 11.8. The van der Waals surface area contributed by atoms with Gasteiger partial charge >= 0.3 is 0 Å². The van der Waals surface area contributed by atoms with Crippen molar-refractivity contribution in [2.45, 2.75) is 29.7 Å². The first kappa shape index (κ1) is 23.3. The number of carbonyl (C=O) groups excluding carboxylic acids is 1. The maximum atomic E-state index is 13.0. The second-order valence-corrected chi connectivity index (χ2v) is 11.4. The molecule has 3 heterocycles. The summed E-state index contributed by atoms with van der Waals surface area (Å²) in [5.41, 5.74) is 3.57. The van der Waals surface area contributed by atoms with Gasteiger partial charge in [-0.1, -0.05) is 13.0 Å². The predicted molar refractivity (Wildman–Crippen MR) is 139 cm³/mol. The number of H-pyrrole nitrogens is 1. The molecule has 0 radical (unpaired) electrons. The third-order valence-corrected chi connectivity index (χ3v) is 8.94. The minimum atomic E-state index is -3.46. The second-order valence-electron chi connectivity index (χ2n) is 9.22. The summed E-state index contributed by atoms with van der Waals surface area (Å²) < 4.78 is 35.2. The summed E-state index contributed by atoms with van der Waals surface area (Å²) >= 11 is 0. The van der Waals surface area contributed by atoms with Crippen molar-refractivity contribution in [2.24, 2.45) is 0 Å². The van der Waals surface area contributed by atoms with Crippen LogP contribution in [0.25, 0.3) is 10.9 Å². The molecule has 2 aliphatic rings. The number of rotatable bonds is 7. The van der Waals surface area contributed by atoms with Crippen LogP contribution < -0.4 is 20.1 Å². The van der Waals surface area contributed by atoms with Gasteiger partial charge in [0.15, 0.2) is 20.7 Å². The van der Waals surface area contributed by atoms with E-state index >= 15 is 0 Å². The lowest BCUT2D eigenvalue weighted by Crippen LogP contribution is -2.21. The number of nitrogens with zero attached hydrogens (tertiary/aromatic N) is 2. The van der Waals surface area contributed by atoms with E-state index in [2.05, 4.69) is 25.8 Å². The number of amides is 1. The standard InChI is InChI=1S/C26H25N5O5S/c1-4-37(33,34)23-11-22(36-3)21(13-27-23)28-24-16-7-5-14(9-20(16)30-31-24)18-12-26(18)17-10-15(35-2)6-8-19(17)29-25(26)32/h5-11,13,18H,4,12H2,1-3H3,(H,29,32)(H2,28,30,31)/t18-,26-/m0/s1. The van der Waals surface area contributed by atoms with Crippen LogP contribution in [0.5, 0.6) is 11.5 Å². The summed E-state index contributed by atoms with van der Waals surface area (Å²) in [6, 6.07) is 13.1. The molecule has 11 heteroatoms. The monoisotopic (exact) mass is 519 g/mol. The molecule has 10 nitrogen and oxygen atoms in total. The highest BCUT2D eigenvalue weighted by atomic mass is 32.2. The second kappa shape index (κ2) is 8.20. The summed E-state index contributed by atoms with van der Waals surface area (Å²) in [5.74, 6) is 1.63. The lowest BCUT2D eigenvalue weighted by Gasteiger charge is -2.11. The molecule has 1 aliphatic carbocycles. The summed E-state index contributed by atoms with van der Waals surface area (Å²) in [6.07, 6.45) is 2.15. The molecule has 4 aromatic rings. The van der Waals surface area contributed by atoms with Crippen molar-refractivity contribution in [3.8, 4) is 11.5 Å². The fourth-order valence-electron chi connectivity index (χ4n) is 5.18. The van der Waals surface area contributed by atoms with Gasteiger partial charge in [0.2, 0.25) is 5.91 Å². The van der Waals surface area contributed by atoms with E-state index in [0.717, 1.165) is 39.9 Å². The quantitative estimate of drug-likeness (QED) is 0.335. The Balaban J connectivity index is 1.30. The summed E-state index contributed by atoms with van der Waals surface area (Å²) in [7, 11) is -0.376. The summed E-state index contributed by atoms with van der Waals surface area (Å²) in [6.45, 7) is 1.57. The van der Waals surface area contributed by atoms with Crippen molar-refractivity contribution < 1.29 is 22.7 Å². The van der Waals surface area contributed by atoms with E-state index in [9.17, 15) is 13.2 Å². The van der Waals surface area contributed by atoms with Crippen molar-refractivity contribution in [3.05, 3.63) is 59.8 Å². The number of nitrogens with one attached hydrogen (secondary N) is 3. The van der Waals surface area contributed by atoms with Crippen molar-refractivity contribution >= 4 is 43.8 Å². The van der Waals surface area contributed by atoms with E-state index < -0.39 is 15.3 Å². The fourth-order valence-corrected chi connectivity index (χ4v) is 5.97. The summed E-state index contributed by atoms with van der Waals surface area (Å²) in [5, 5.41) is 14.5. The average Bonchev–Trinajstić information content (AvgIpc) is 3.47. The van der Waals surface area contributed by atoms with Crippen LogP contribution in [0.2, 0.25) is 0 Å². The number of benzene rings is 2. The number of aromatic nitrogens is 3. The molecule has 0 unspecified atom stereocenters. The number of ether oxygens (including phenoxy) is 2. The molecule has 1 fully saturated rings. The Labute approximate surface area is 213 Å². The number of hydrogen-bond donors (Lipinski definition) is 3. The molecule has 2 atom stereocenters. The van der Waals surface area contributed by atoms with Gasteiger partial charge in [0.05, 0.1) is 37.1 Å². The Morgan fingerprint density at radius 2 is 1.97 bits per heavy atom. The number of fused-ring (bicyclic) bond motifs is 3. The molecule has 0 saturated heterocycles. The normalized spacial score (nSPS) is 20.1. The maximum Gasteiger partial charge on any atom is 0.235 e. The first-order chi connectivity index (χ1) is 17.8. The van der Waals surface area contributed by atoms with Gasteiger partial charge in [-0.2, -0.15) is 5.10 Å². The SMILES string of the molecule is CCS(=O)(=O)c1cc(OC)c(Nc2n[nH]c3cc([C@@H]4C[C@@]45C(=O)Nc4ccc(OC)cc45)ccc23)cn1. The Morgan fingerprint density at radius 1 is 1.14 bits per heavy atom. The zero-order valence-electron chi connectivity index (χ0n) is 20.5. The molecule has 1 aliphatic heterocycles. The average molecular weight is 520 g/mol. The smallest absolute Gasteiger partial charge is 0.235 e. The van der Waals surface area contributed by atoms with Crippen LogP contribution in [0, 0.1) is 0 Å². The Morgan fingerprint density at radius 3 is 2.73 bits per heavy atom. The molecule has 37 heavy (non-hydrogen) atoms. The van der Waals surface area contributed by atoms with Gasteiger partial charge in [-0.25, -0.2) is 13.4 Å². The fraction of sp³-hybridized carbons (Fsp3) is 0.269. The largest absolute Gasteiger partial charge is 0.497 e. The van der Waals surface area contributed by atoms with Crippen LogP contribution in [-0.4, -0.2) is 49.5 Å². The van der Waals surface area contributed by atoms with E-state index in [1.807, 2.05) is 36.4 Å². The van der Waals surface area contributed by atoms with Crippen LogP contribution in [0.1, 0.15) is 30.4 Å². The molecule has 0 bridgehead atoms. The topological polar surface area (TPSA) is 135 Å². The van der Waals surface area contributed by atoms with Gasteiger partial charge in [-0.05, 0) is 47.9 Å². The van der Waals surface area contributed by atoms with Crippen LogP contribution >= 0.6 is 0 Å². The zero-order valence-corrected chi connectivity index (χ0v) is 21.3. The Kier molecular flexibility index (Phi) is 5.16. The highest BCUT2D eigenvalue weighted by Gasteiger charge is 2.65. The van der Waals surface area contributed by atoms with Gasteiger partial charge in [-0.15, -0.1) is 0 Å². The highest BCUT2D eigenvalue weighted by Crippen LogP contribution is 2.65. The first-order valence-corrected chi connectivity index (χ1v) is 13.5. The minimum Gasteiger partial charge on any atom is -0.497 e. The number of pyridine rings is 1. The zero-order chi connectivity index (χ0) is 25.9. The van der Waals surface area contributed by atoms with Crippen LogP contribution in [0.3, 0.4) is 0 Å². The highest BCUT2D eigenvalue weighted by molar-refractivity contribution is 7.91. The van der Waals surface area contributed by atoms with Crippen LogP contribution in [0.4, 0.5) is 17.2 Å². The third kappa shape index (κ3) is 3.52. The van der Waals surface area contributed by atoms with Crippen LogP contribution in [-0.2, 0) is 20.0 Å². The minimum absolute atomic E-state index is 0.0148. The number of carbonyl (C=O) groups is 1. The van der Waals surface area contributed by atoms with Crippen molar-refractivity contribution in [1.29, 1.82) is 0 Å². The molecule has 3 N–H and O–H groups in total. The molecule has 6 rings (SSSR count). The van der Waals surface area contributed by atoms with Gasteiger partial charge in [0, 0.05) is 23.1 Å². The molecular formula is C26H25N5O5S. The predicted octanol–water partition coefficient (Wildman–Crippen LogP) is 3.89. The van der Waals surface area contributed by atoms with Crippen molar-refractivity contribution in [3.63, 3.8) is 0 Å². The Hall–Kier alpha value is -4.12. The molecule has 1 spiro atoms. The number of anilines is 3. The summed E-state index contributed by atoms with van der Waals surface area (Å²) in [4.78, 5) is 17.1. The van der Waals surface area contributed by atoms with Crippen LogP contribution in [0.15, 0.2) is 53.7 Å². The number of sulfone groups is 1. The number of aromatic amines is 1. The van der Waals surface area contributed by atoms with Gasteiger partial charge in [0.1, 0.15) is 17.2 Å². The van der Waals surface area contributed by atoms with E-state index in [0.29, 0.717) is 17.3 Å². The van der Waals surface area contributed by atoms with Gasteiger partial charge in [-0.3, -0.25) is 9.89 Å². The van der Waals surface area contributed by atoms with Gasteiger partial charge in [0.25, 0.3) is 0 Å².